The van der Waals surface area contributed by atoms with E-state index >= 15 is 0 Å². The van der Waals surface area contributed by atoms with Gasteiger partial charge in [-0.25, -0.2) is 4.98 Å². The van der Waals surface area contributed by atoms with Crippen LogP contribution in [0.5, 0.6) is 0 Å². The number of aromatic nitrogens is 3. The number of nitrogen functional groups attached to an aromatic ring is 1. The summed E-state index contributed by atoms with van der Waals surface area (Å²) >= 11 is 0. The quantitative estimate of drug-likeness (QED) is 0.552. The van der Waals surface area contributed by atoms with Crippen molar-refractivity contribution in [1.82, 2.24) is 19.3 Å². The fourth-order valence-electron chi connectivity index (χ4n) is 5.86. The van der Waals surface area contributed by atoms with E-state index in [2.05, 4.69) is 22.2 Å². The van der Waals surface area contributed by atoms with Gasteiger partial charge >= 0.3 is 6.18 Å². The van der Waals surface area contributed by atoms with Crippen LogP contribution in [0.3, 0.4) is 0 Å². The van der Waals surface area contributed by atoms with E-state index in [1.165, 1.54) is 6.07 Å². The minimum absolute atomic E-state index is 0.0461. The molecule has 3 aliphatic carbocycles. The van der Waals surface area contributed by atoms with Gasteiger partial charge in [0.15, 0.2) is 0 Å². The number of anilines is 2. The van der Waals surface area contributed by atoms with Gasteiger partial charge in [0.1, 0.15) is 5.82 Å². The molecule has 0 saturated heterocycles. The summed E-state index contributed by atoms with van der Waals surface area (Å²) in [5.41, 5.74) is 6.99. The number of hydrogen-bond donors (Lipinski definition) is 2. The van der Waals surface area contributed by atoms with E-state index in [0.717, 1.165) is 36.2 Å². The lowest BCUT2D eigenvalue weighted by Gasteiger charge is -2.66. The molecule has 3 saturated carbocycles. The number of fused-ring (bicyclic) bond motifs is 3. The van der Waals surface area contributed by atoms with Crippen LogP contribution in [0.15, 0.2) is 30.6 Å². The van der Waals surface area contributed by atoms with Gasteiger partial charge in [0, 0.05) is 23.6 Å². The third-order valence-electron chi connectivity index (χ3n) is 8.15. The van der Waals surface area contributed by atoms with Crippen LogP contribution >= 0.6 is 0 Å². The number of hydrogen-bond acceptors (Lipinski definition) is 5. The Hall–Kier alpha value is -3.30. The second kappa shape index (κ2) is 6.86. The molecule has 3 aromatic rings. The molecule has 2 atom stereocenters. The second-order valence-corrected chi connectivity index (χ2v) is 10.0. The number of alkyl halides is 3. The Bertz CT molecular complexity index is 1330. The maximum atomic E-state index is 13.4. The van der Waals surface area contributed by atoms with Crippen molar-refractivity contribution in [3.63, 3.8) is 0 Å². The zero-order chi connectivity index (χ0) is 24.0. The van der Waals surface area contributed by atoms with Crippen LogP contribution < -0.4 is 11.1 Å². The molecule has 10 heteroatoms. The van der Waals surface area contributed by atoms with Crippen molar-refractivity contribution in [2.45, 2.75) is 52.0 Å². The van der Waals surface area contributed by atoms with Gasteiger partial charge in [-0.2, -0.15) is 18.2 Å². The smallest absolute Gasteiger partial charge is 0.399 e. The summed E-state index contributed by atoms with van der Waals surface area (Å²) in [6.07, 6.45) is 0.920. The molecule has 4 aliphatic rings. The van der Waals surface area contributed by atoms with Gasteiger partial charge in [0.2, 0.25) is 11.7 Å². The molecular formula is C24H25F3N6O. The highest BCUT2D eigenvalue weighted by Crippen LogP contribution is 2.69. The lowest BCUT2D eigenvalue weighted by Crippen LogP contribution is -2.66. The molecule has 2 aromatic heterocycles. The Kier molecular flexibility index (Phi) is 4.29. The highest BCUT2D eigenvalue weighted by Gasteiger charge is 2.68. The fourth-order valence-corrected chi connectivity index (χ4v) is 5.86. The molecule has 178 valence electrons. The van der Waals surface area contributed by atoms with E-state index < -0.39 is 17.8 Å². The van der Waals surface area contributed by atoms with Crippen LogP contribution in [0.25, 0.3) is 5.78 Å². The summed E-state index contributed by atoms with van der Waals surface area (Å²) < 4.78 is 41.8. The average Bonchev–Trinajstić information content (AvgIpc) is 3.38. The molecule has 34 heavy (non-hydrogen) atoms. The van der Waals surface area contributed by atoms with E-state index in [4.69, 9.17) is 5.73 Å². The number of imidazole rings is 1. The van der Waals surface area contributed by atoms with Gasteiger partial charge in [-0.1, -0.05) is 6.92 Å². The third kappa shape index (κ3) is 2.93. The summed E-state index contributed by atoms with van der Waals surface area (Å²) in [6.45, 7) is 4.79. The number of carbonyl (C=O) groups is 1. The van der Waals surface area contributed by atoms with Crippen LogP contribution in [-0.2, 0) is 24.1 Å². The number of nitrogens with zero attached hydrogens (tertiary/aromatic N) is 4. The van der Waals surface area contributed by atoms with Crippen LogP contribution in [0.4, 0.5) is 24.7 Å². The van der Waals surface area contributed by atoms with Crippen molar-refractivity contribution in [2.24, 2.45) is 17.3 Å². The van der Waals surface area contributed by atoms with E-state index in [-0.39, 0.29) is 17.0 Å². The number of amides is 1. The summed E-state index contributed by atoms with van der Waals surface area (Å²) in [5, 5.41) is 3.27. The van der Waals surface area contributed by atoms with E-state index in [1.54, 1.807) is 13.1 Å². The Morgan fingerprint density at radius 1 is 1.26 bits per heavy atom. The minimum atomic E-state index is -4.49. The molecule has 1 aromatic carbocycles. The molecule has 2 bridgehead atoms. The zero-order valence-electron chi connectivity index (χ0n) is 18.9. The maximum Gasteiger partial charge on any atom is 0.416 e. The zero-order valence-corrected chi connectivity index (χ0v) is 18.9. The molecule has 7 nitrogen and oxygen atoms in total. The highest BCUT2D eigenvalue weighted by atomic mass is 19.4. The lowest BCUT2D eigenvalue weighted by atomic mass is 9.37. The monoisotopic (exact) mass is 470 g/mol. The Balaban J connectivity index is 1.32. The SMILES string of the molecule is CC(Nc1nc2nccn2c2c1CN(C(=O)C13CC(C1)[C@@H]3C)C2)c1cc(N)cc(C(F)(F)F)c1. The van der Waals surface area contributed by atoms with Crippen molar-refractivity contribution in [3.8, 4) is 0 Å². The van der Waals surface area contributed by atoms with E-state index in [9.17, 15) is 18.0 Å². The molecular weight excluding hydrogens is 445 g/mol. The van der Waals surface area contributed by atoms with Crippen molar-refractivity contribution in [2.75, 3.05) is 11.1 Å². The predicted molar refractivity (Wildman–Crippen MR) is 119 cm³/mol. The largest absolute Gasteiger partial charge is 0.416 e. The number of rotatable bonds is 4. The van der Waals surface area contributed by atoms with Gasteiger partial charge in [0.25, 0.3) is 0 Å². The van der Waals surface area contributed by atoms with Gasteiger partial charge in [-0.15, -0.1) is 0 Å². The molecule has 1 unspecified atom stereocenters. The summed E-state index contributed by atoms with van der Waals surface area (Å²) in [4.78, 5) is 24.2. The Morgan fingerprint density at radius 3 is 2.68 bits per heavy atom. The van der Waals surface area contributed by atoms with Crippen LogP contribution in [-0.4, -0.2) is 25.2 Å². The maximum absolute atomic E-state index is 13.4. The minimum Gasteiger partial charge on any atom is -0.399 e. The number of halogens is 3. The van der Waals surface area contributed by atoms with Gasteiger partial charge in [0.05, 0.1) is 35.8 Å². The normalized spacial score (nSPS) is 26.1. The first kappa shape index (κ1) is 21.2. The van der Waals surface area contributed by atoms with E-state index in [1.807, 2.05) is 15.5 Å². The lowest BCUT2D eigenvalue weighted by molar-refractivity contribution is -0.205. The number of carbonyl (C=O) groups excluding carboxylic acids is 1. The summed E-state index contributed by atoms with van der Waals surface area (Å²) in [5.74, 6) is 2.30. The van der Waals surface area contributed by atoms with Gasteiger partial charge in [-0.05, 0) is 55.4 Å². The highest BCUT2D eigenvalue weighted by molar-refractivity contribution is 5.87. The van der Waals surface area contributed by atoms with Crippen LogP contribution in [0.1, 0.15) is 55.1 Å². The van der Waals surface area contributed by atoms with E-state index in [0.29, 0.717) is 42.1 Å². The first-order valence-corrected chi connectivity index (χ1v) is 11.5. The first-order chi connectivity index (χ1) is 16.1. The Morgan fingerprint density at radius 2 is 2.03 bits per heavy atom. The molecule has 1 aliphatic heterocycles. The summed E-state index contributed by atoms with van der Waals surface area (Å²) in [7, 11) is 0. The van der Waals surface area contributed by atoms with Crippen molar-refractivity contribution >= 4 is 23.2 Å². The molecule has 0 spiro atoms. The summed E-state index contributed by atoms with van der Waals surface area (Å²) in [6, 6.07) is 3.06. The second-order valence-electron chi connectivity index (χ2n) is 10.0. The molecule has 3 heterocycles. The molecule has 3 N–H and O–H groups in total. The number of benzene rings is 1. The van der Waals surface area contributed by atoms with Crippen molar-refractivity contribution in [1.29, 1.82) is 0 Å². The predicted octanol–water partition coefficient (Wildman–Crippen LogP) is 4.39. The van der Waals surface area contributed by atoms with Crippen LogP contribution in [0, 0.1) is 17.3 Å². The third-order valence-corrected chi connectivity index (χ3v) is 8.15. The standard InChI is InChI=1S/C24H25F3N6O/c1-12-15-8-23(12,9-15)21(34)32-10-18-19(11-32)33-4-3-29-22(33)31-20(18)30-13(2)14-5-16(24(25,26)27)7-17(28)6-14/h3-7,12-13,15H,8-11,28H2,1-2H3,(H,29,30,31)/t12-,13?,15?,23?/m0/s1. The molecule has 1 amide bonds. The Labute approximate surface area is 194 Å². The van der Waals surface area contributed by atoms with Crippen molar-refractivity contribution in [3.05, 3.63) is 53.0 Å². The average molecular weight is 470 g/mol. The van der Waals surface area contributed by atoms with Gasteiger partial charge in [-0.3, -0.25) is 9.20 Å². The molecule has 0 radical (unpaired) electrons. The van der Waals surface area contributed by atoms with Crippen LogP contribution in [0.2, 0.25) is 0 Å². The topological polar surface area (TPSA) is 88.5 Å². The fraction of sp³-hybridized carbons (Fsp3) is 0.458. The first-order valence-electron chi connectivity index (χ1n) is 11.5. The van der Waals surface area contributed by atoms with Gasteiger partial charge < -0.3 is 16.0 Å². The number of nitrogens with two attached hydrogens (primary N) is 1. The number of nitrogens with one attached hydrogen (secondary N) is 1. The molecule has 7 rings (SSSR count). The van der Waals surface area contributed by atoms with Crippen molar-refractivity contribution < 1.29 is 18.0 Å². The molecule has 3 fully saturated rings.